The number of aliphatic hydroxyl groups is 1. The molecular formula is C9H20N2O3. The van der Waals surface area contributed by atoms with Crippen LogP contribution in [-0.2, 0) is 9.47 Å². The Hall–Kier alpha value is -0.200. The van der Waals surface area contributed by atoms with Crippen LogP contribution in [0, 0.1) is 0 Å². The summed E-state index contributed by atoms with van der Waals surface area (Å²) in [6.45, 7) is 2.89. The van der Waals surface area contributed by atoms with Crippen molar-refractivity contribution in [1.29, 1.82) is 0 Å². The predicted molar refractivity (Wildman–Crippen MR) is 52.8 cm³/mol. The second kappa shape index (κ2) is 5.63. The third-order valence-electron chi connectivity index (χ3n) is 2.47. The van der Waals surface area contributed by atoms with E-state index in [-0.39, 0.29) is 12.1 Å². The molecule has 1 fully saturated rings. The molecule has 5 heteroatoms. The number of aliphatic hydroxyl groups excluding tert-OH is 1. The molecule has 1 heterocycles. The summed E-state index contributed by atoms with van der Waals surface area (Å²) >= 11 is 0. The highest BCUT2D eigenvalue weighted by atomic mass is 16.7. The average Bonchev–Trinajstić information content (AvgIpc) is 2.21. The maximum absolute atomic E-state index is 9.82. The molecule has 4 atom stereocenters. The molecule has 0 aliphatic carbocycles. The summed E-state index contributed by atoms with van der Waals surface area (Å²) in [7, 11) is 1.82. The molecule has 14 heavy (non-hydrogen) atoms. The maximum Gasteiger partial charge on any atom is 0.185 e. The van der Waals surface area contributed by atoms with Crippen molar-refractivity contribution < 1.29 is 14.6 Å². The molecule has 5 nitrogen and oxygen atoms in total. The highest BCUT2D eigenvalue weighted by molar-refractivity contribution is 4.81. The second-order valence-electron chi connectivity index (χ2n) is 3.60. The molecule has 0 aromatic rings. The van der Waals surface area contributed by atoms with Crippen molar-refractivity contribution in [1.82, 2.24) is 5.32 Å². The lowest BCUT2D eigenvalue weighted by Crippen LogP contribution is -2.52. The molecule has 4 unspecified atom stereocenters. The van der Waals surface area contributed by atoms with E-state index in [1.54, 1.807) is 0 Å². The van der Waals surface area contributed by atoms with E-state index < -0.39 is 12.4 Å². The Morgan fingerprint density at radius 3 is 3.00 bits per heavy atom. The zero-order chi connectivity index (χ0) is 10.6. The van der Waals surface area contributed by atoms with Crippen LogP contribution in [0.15, 0.2) is 0 Å². The van der Waals surface area contributed by atoms with Crippen molar-refractivity contribution in [3.63, 3.8) is 0 Å². The van der Waals surface area contributed by atoms with Crippen molar-refractivity contribution in [3.8, 4) is 0 Å². The van der Waals surface area contributed by atoms with Crippen molar-refractivity contribution in [2.45, 2.75) is 37.9 Å². The van der Waals surface area contributed by atoms with Gasteiger partial charge in [-0.1, -0.05) is 0 Å². The minimum Gasteiger partial charge on any atom is -0.386 e. The number of nitrogens with two attached hydrogens (primary N) is 1. The molecule has 4 N–H and O–H groups in total. The van der Waals surface area contributed by atoms with E-state index in [1.165, 1.54) is 0 Å². The summed E-state index contributed by atoms with van der Waals surface area (Å²) in [5.41, 5.74) is 5.42. The molecule has 0 saturated carbocycles. The van der Waals surface area contributed by atoms with Gasteiger partial charge in [0, 0.05) is 12.6 Å². The van der Waals surface area contributed by atoms with Gasteiger partial charge in [0.15, 0.2) is 6.29 Å². The fraction of sp³-hybridized carbons (Fsp3) is 1.00. The molecule has 1 aliphatic rings. The SMILES string of the molecule is CNC1CCOC(OC(C)CN)C1O. The molecule has 1 aliphatic heterocycles. The van der Waals surface area contributed by atoms with E-state index in [9.17, 15) is 5.11 Å². The van der Waals surface area contributed by atoms with Gasteiger partial charge < -0.3 is 25.6 Å². The smallest absolute Gasteiger partial charge is 0.185 e. The lowest BCUT2D eigenvalue weighted by molar-refractivity contribution is -0.236. The van der Waals surface area contributed by atoms with Crippen LogP contribution in [0.25, 0.3) is 0 Å². The lowest BCUT2D eigenvalue weighted by atomic mass is 10.1. The van der Waals surface area contributed by atoms with E-state index >= 15 is 0 Å². The minimum absolute atomic E-state index is 0.0405. The molecular weight excluding hydrogens is 184 g/mol. The molecule has 0 spiro atoms. The molecule has 0 radical (unpaired) electrons. The first-order chi connectivity index (χ1) is 6.69. The van der Waals surface area contributed by atoms with Crippen LogP contribution in [-0.4, -0.2) is 49.8 Å². The highest BCUT2D eigenvalue weighted by Crippen LogP contribution is 2.16. The predicted octanol–water partition coefficient (Wildman–Crippen LogP) is -0.954. The number of hydrogen-bond acceptors (Lipinski definition) is 5. The van der Waals surface area contributed by atoms with Gasteiger partial charge in [0.05, 0.1) is 12.7 Å². The fourth-order valence-corrected chi connectivity index (χ4v) is 1.49. The molecule has 1 rings (SSSR count). The van der Waals surface area contributed by atoms with Gasteiger partial charge in [0.25, 0.3) is 0 Å². The third kappa shape index (κ3) is 2.90. The molecule has 0 bridgehead atoms. The Bertz CT molecular complexity index is 168. The molecule has 0 aromatic heterocycles. The molecule has 1 saturated heterocycles. The minimum atomic E-state index is -0.622. The summed E-state index contributed by atoms with van der Waals surface area (Å²) in [5.74, 6) is 0. The van der Waals surface area contributed by atoms with Crippen LogP contribution in [0.4, 0.5) is 0 Å². The van der Waals surface area contributed by atoms with Crippen LogP contribution in [0.2, 0.25) is 0 Å². The zero-order valence-electron chi connectivity index (χ0n) is 8.77. The first-order valence-corrected chi connectivity index (χ1v) is 5.01. The Morgan fingerprint density at radius 2 is 2.43 bits per heavy atom. The third-order valence-corrected chi connectivity index (χ3v) is 2.47. The van der Waals surface area contributed by atoms with Gasteiger partial charge in [0.1, 0.15) is 6.10 Å². The van der Waals surface area contributed by atoms with Crippen LogP contribution in [0.1, 0.15) is 13.3 Å². The highest BCUT2D eigenvalue weighted by Gasteiger charge is 2.33. The quantitative estimate of drug-likeness (QED) is 0.550. The van der Waals surface area contributed by atoms with Crippen molar-refractivity contribution in [3.05, 3.63) is 0 Å². The topological polar surface area (TPSA) is 76.7 Å². The van der Waals surface area contributed by atoms with Gasteiger partial charge in [-0.25, -0.2) is 0 Å². The lowest BCUT2D eigenvalue weighted by Gasteiger charge is -2.35. The van der Waals surface area contributed by atoms with E-state index in [1.807, 2.05) is 14.0 Å². The van der Waals surface area contributed by atoms with Crippen LogP contribution >= 0.6 is 0 Å². The average molecular weight is 204 g/mol. The molecule has 0 amide bonds. The van der Waals surface area contributed by atoms with E-state index in [0.29, 0.717) is 13.2 Å². The zero-order valence-corrected chi connectivity index (χ0v) is 8.77. The Kier molecular flexibility index (Phi) is 4.77. The van der Waals surface area contributed by atoms with Gasteiger partial charge in [-0.3, -0.25) is 0 Å². The number of likely N-dealkylation sites (N-methyl/N-ethyl adjacent to an activating group) is 1. The summed E-state index contributed by atoms with van der Waals surface area (Å²) in [6.07, 6.45) is -0.470. The standard InChI is InChI=1S/C9H20N2O3/c1-6(5-10)14-9-8(12)7(11-2)3-4-13-9/h6-9,11-12H,3-5,10H2,1-2H3. The Morgan fingerprint density at radius 1 is 1.71 bits per heavy atom. The number of nitrogens with one attached hydrogen (secondary N) is 1. The van der Waals surface area contributed by atoms with Crippen molar-refractivity contribution in [2.75, 3.05) is 20.2 Å². The van der Waals surface area contributed by atoms with Gasteiger partial charge in [-0.05, 0) is 20.4 Å². The molecule has 0 aromatic carbocycles. The fourth-order valence-electron chi connectivity index (χ4n) is 1.49. The monoisotopic (exact) mass is 204 g/mol. The Balaban J connectivity index is 2.43. The number of ether oxygens (including phenoxy) is 2. The van der Waals surface area contributed by atoms with Crippen LogP contribution in [0.3, 0.4) is 0 Å². The van der Waals surface area contributed by atoms with E-state index in [4.69, 9.17) is 15.2 Å². The number of hydrogen-bond donors (Lipinski definition) is 3. The summed E-state index contributed by atoms with van der Waals surface area (Å²) < 4.78 is 10.8. The van der Waals surface area contributed by atoms with Gasteiger partial charge >= 0.3 is 0 Å². The first kappa shape index (κ1) is 11.9. The van der Waals surface area contributed by atoms with E-state index in [2.05, 4.69) is 5.32 Å². The first-order valence-electron chi connectivity index (χ1n) is 5.01. The van der Waals surface area contributed by atoms with Gasteiger partial charge in [0.2, 0.25) is 0 Å². The van der Waals surface area contributed by atoms with Crippen LogP contribution < -0.4 is 11.1 Å². The largest absolute Gasteiger partial charge is 0.386 e. The second-order valence-corrected chi connectivity index (χ2v) is 3.60. The maximum atomic E-state index is 9.82. The van der Waals surface area contributed by atoms with Crippen molar-refractivity contribution >= 4 is 0 Å². The summed E-state index contributed by atoms with van der Waals surface area (Å²) in [5, 5.41) is 12.9. The normalized spacial score (nSPS) is 35.6. The van der Waals surface area contributed by atoms with E-state index in [0.717, 1.165) is 6.42 Å². The number of rotatable bonds is 4. The van der Waals surface area contributed by atoms with Crippen molar-refractivity contribution in [2.24, 2.45) is 5.73 Å². The van der Waals surface area contributed by atoms with Gasteiger partial charge in [-0.2, -0.15) is 0 Å². The summed E-state index contributed by atoms with van der Waals surface area (Å²) in [6, 6.07) is 0.0405. The van der Waals surface area contributed by atoms with Gasteiger partial charge in [-0.15, -0.1) is 0 Å². The molecule has 84 valence electrons. The Labute approximate surface area is 84.6 Å². The van der Waals surface area contributed by atoms with Crippen LogP contribution in [0.5, 0.6) is 0 Å². The summed E-state index contributed by atoms with van der Waals surface area (Å²) in [4.78, 5) is 0.